The van der Waals surface area contributed by atoms with E-state index in [4.69, 9.17) is 10.1 Å². The number of carbonyl (C=O) groups excluding carboxylic acids is 1. The minimum absolute atomic E-state index is 0.223. The molecule has 1 unspecified atom stereocenters. The van der Waals surface area contributed by atoms with Crippen LogP contribution in [0, 0.1) is 11.3 Å². The van der Waals surface area contributed by atoms with Crippen LogP contribution in [0.5, 0.6) is 0 Å². The Morgan fingerprint density at radius 1 is 1.20 bits per heavy atom. The number of nitrogens with one attached hydrogen (secondary N) is 2. The van der Waals surface area contributed by atoms with Crippen molar-refractivity contribution < 1.29 is 17.9 Å². The third-order valence-corrected chi connectivity index (χ3v) is 7.29. The van der Waals surface area contributed by atoms with E-state index < -0.39 is 9.84 Å². The first-order valence-electron chi connectivity index (χ1n) is 8.73. The molecule has 0 bridgehead atoms. The third kappa shape index (κ3) is 4.27. The van der Waals surface area contributed by atoms with E-state index in [0.29, 0.717) is 30.4 Å². The lowest BCUT2D eigenvalue weighted by atomic mass is 9.84. The summed E-state index contributed by atoms with van der Waals surface area (Å²) in [6.07, 6.45) is 4.88. The van der Waals surface area contributed by atoms with E-state index in [-0.39, 0.29) is 17.1 Å². The molecule has 0 spiro atoms. The van der Waals surface area contributed by atoms with Crippen molar-refractivity contribution >= 4 is 22.1 Å². The van der Waals surface area contributed by atoms with Crippen LogP contribution in [0.15, 0.2) is 29.2 Å². The summed E-state index contributed by atoms with van der Waals surface area (Å²) in [5, 5.41) is 9.34. The fourth-order valence-electron chi connectivity index (χ4n) is 3.34. The van der Waals surface area contributed by atoms with Gasteiger partial charge < -0.3 is 10.1 Å². The molecule has 1 aliphatic heterocycles. The summed E-state index contributed by atoms with van der Waals surface area (Å²) in [5.41, 5.74) is 0.792. The van der Waals surface area contributed by atoms with Gasteiger partial charge in [0.15, 0.2) is 9.84 Å². The first kappa shape index (κ1) is 18.1. The number of ether oxygens (including phenoxy) is 1. The lowest BCUT2D eigenvalue weighted by molar-refractivity contribution is -0.121. The Hall–Kier alpha value is -1.73. The fourth-order valence-corrected chi connectivity index (χ4v) is 5.00. The summed E-state index contributed by atoms with van der Waals surface area (Å²) in [6.45, 7) is 1.42. The van der Waals surface area contributed by atoms with Crippen LogP contribution in [0.4, 0.5) is 0 Å². The Morgan fingerprint density at radius 3 is 2.40 bits per heavy atom. The number of hydrogen-bond donors (Lipinski definition) is 2. The van der Waals surface area contributed by atoms with Gasteiger partial charge in [-0.05, 0) is 55.7 Å². The summed E-state index contributed by atoms with van der Waals surface area (Å²) < 4.78 is 30.0. The normalized spacial score (nSPS) is 20.0. The molecule has 1 aromatic carbocycles. The van der Waals surface area contributed by atoms with Crippen molar-refractivity contribution in [2.75, 3.05) is 13.2 Å². The van der Waals surface area contributed by atoms with Crippen LogP contribution in [-0.2, 0) is 19.4 Å². The lowest BCUT2D eigenvalue weighted by Gasteiger charge is -2.26. The van der Waals surface area contributed by atoms with Gasteiger partial charge in [-0.1, -0.05) is 12.1 Å². The number of hydrogen-bond acceptors (Lipinski definition) is 5. The summed E-state index contributed by atoms with van der Waals surface area (Å²) in [5.74, 6) is -0.216. The van der Waals surface area contributed by atoms with Crippen molar-refractivity contribution in [2.45, 2.75) is 48.2 Å². The van der Waals surface area contributed by atoms with Crippen LogP contribution in [0.25, 0.3) is 0 Å². The second-order valence-electron chi connectivity index (χ2n) is 6.81. The van der Waals surface area contributed by atoms with Crippen molar-refractivity contribution in [3.05, 3.63) is 29.8 Å². The first-order chi connectivity index (χ1) is 12.0. The molecule has 136 valence electrons. The summed E-state index contributed by atoms with van der Waals surface area (Å²) in [7, 11) is -3.22. The quantitative estimate of drug-likeness (QED) is 0.573. The maximum atomic E-state index is 12.4. The highest BCUT2D eigenvalue weighted by atomic mass is 32.2. The number of sulfone groups is 1. The summed E-state index contributed by atoms with van der Waals surface area (Å²) in [4.78, 5) is 12.7. The van der Waals surface area contributed by atoms with Crippen LogP contribution < -0.4 is 5.32 Å². The van der Waals surface area contributed by atoms with Crippen molar-refractivity contribution in [3.8, 4) is 0 Å². The maximum absolute atomic E-state index is 12.4. The second kappa shape index (κ2) is 7.66. The lowest BCUT2D eigenvalue weighted by Crippen LogP contribution is -2.30. The smallest absolute Gasteiger partial charge is 0.232 e. The minimum Gasteiger partial charge on any atom is -0.381 e. The van der Waals surface area contributed by atoms with Crippen molar-refractivity contribution in [2.24, 2.45) is 5.92 Å². The average Bonchev–Trinajstić information content (AvgIpc) is 3.46. The van der Waals surface area contributed by atoms with Crippen LogP contribution in [0.3, 0.4) is 0 Å². The zero-order valence-electron chi connectivity index (χ0n) is 14.1. The molecule has 3 rings (SSSR count). The number of amides is 1. The molecule has 0 aromatic heterocycles. The van der Waals surface area contributed by atoms with Crippen LogP contribution >= 0.6 is 0 Å². The molecule has 1 saturated carbocycles. The Morgan fingerprint density at radius 2 is 1.84 bits per heavy atom. The van der Waals surface area contributed by atoms with E-state index in [1.807, 2.05) is 0 Å². The van der Waals surface area contributed by atoms with Gasteiger partial charge in [0, 0.05) is 13.2 Å². The van der Waals surface area contributed by atoms with Gasteiger partial charge in [-0.3, -0.25) is 10.2 Å². The number of carbonyl (C=O) groups is 1. The third-order valence-electron chi connectivity index (χ3n) is 5.02. The molecule has 2 aliphatic rings. The van der Waals surface area contributed by atoms with Gasteiger partial charge in [0.2, 0.25) is 5.91 Å². The molecule has 1 atom stereocenters. The monoisotopic (exact) mass is 364 g/mol. The van der Waals surface area contributed by atoms with E-state index in [2.05, 4.69) is 5.32 Å². The topological polar surface area (TPSA) is 96.3 Å². The maximum Gasteiger partial charge on any atom is 0.232 e. The second-order valence-corrected chi connectivity index (χ2v) is 9.04. The van der Waals surface area contributed by atoms with Gasteiger partial charge in [-0.2, -0.15) is 0 Å². The molecule has 1 heterocycles. The van der Waals surface area contributed by atoms with Gasteiger partial charge >= 0.3 is 0 Å². The molecule has 6 nitrogen and oxygen atoms in total. The molecule has 7 heteroatoms. The van der Waals surface area contributed by atoms with Crippen LogP contribution in [0.1, 0.15) is 43.6 Å². The average molecular weight is 364 g/mol. The van der Waals surface area contributed by atoms with Gasteiger partial charge in [0.25, 0.3) is 0 Å². The highest BCUT2D eigenvalue weighted by Gasteiger charge is 2.37. The Labute approximate surface area is 148 Å². The zero-order valence-corrected chi connectivity index (χ0v) is 14.9. The molecular formula is C18H24N2O4S. The molecule has 1 saturated heterocycles. The molecule has 1 aliphatic carbocycles. The van der Waals surface area contributed by atoms with Crippen LogP contribution in [-0.4, -0.2) is 39.1 Å². The molecule has 1 amide bonds. The van der Waals surface area contributed by atoms with Crippen molar-refractivity contribution in [1.29, 1.82) is 5.41 Å². The van der Waals surface area contributed by atoms with Crippen LogP contribution in [0.2, 0.25) is 0 Å². The van der Waals surface area contributed by atoms with Gasteiger partial charge in [0.05, 0.1) is 22.4 Å². The zero-order chi connectivity index (χ0) is 17.9. The highest BCUT2D eigenvalue weighted by molar-refractivity contribution is 7.92. The molecular weight excluding hydrogens is 340 g/mol. The molecule has 2 fully saturated rings. The van der Waals surface area contributed by atoms with Crippen molar-refractivity contribution in [3.63, 3.8) is 0 Å². The number of rotatable bonds is 7. The SMILES string of the molecule is N=CNC(=O)C(CC1CCOCC1)c1ccc(S(=O)(=O)C2CC2)cc1. The van der Waals surface area contributed by atoms with E-state index in [9.17, 15) is 13.2 Å². The largest absolute Gasteiger partial charge is 0.381 e. The van der Waals surface area contributed by atoms with E-state index in [0.717, 1.165) is 37.6 Å². The highest BCUT2D eigenvalue weighted by Crippen LogP contribution is 2.35. The summed E-state index contributed by atoms with van der Waals surface area (Å²) >= 11 is 0. The molecule has 1 aromatic rings. The Kier molecular flexibility index (Phi) is 5.54. The predicted octanol–water partition coefficient (Wildman–Crippen LogP) is 2.25. The Balaban J connectivity index is 1.79. The summed E-state index contributed by atoms with van der Waals surface area (Å²) in [6, 6.07) is 6.70. The van der Waals surface area contributed by atoms with Crippen molar-refractivity contribution in [1.82, 2.24) is 5.32 Å². The fraction of sp³-hybridized carbons (Fsp3) is 0.556. The standard InChI is InChI=1S/C18H24N2O4S/c19-12-20-18(21)17(11-13-7-9-24-10-8-13)14-1-3-15(4-2-14)25(22,23)16-5-6-16/h1-4,12-13,16-17H,5-11H2,(H2,19,20,21). The Bertz CT molecular complexity index is 720. The minimum atomic E-state index is -3.22. The molecule has 0 radical (unpaired) electrons. The van der Waals surface area contributed by atoms with E-state index >= 15 is 0 Å². The van der Waals surface area contributed by atoms with E-state index in [1.165, 1.54) is 0 Å². The van der Waals surface area contributed by atoms with E-state index in [1.54, 1.807) is 24.3 Å². The van der Waals surface area contributed by atoms with Gasteiger partial charge in [-0.15, -0.1) is 0 Å². The van der Waals surface area contributed by atoms with Gasteiger partial charge in [-0.25, -0.2) is 8.42 Å². The van der Waals surface area contributed by atoms with Gasteiger partial charge in [0.1, 0.15) is 0 Å². The molecule has 2 N–H and O–H groups in total. The predicted molar refractivity (Wildman–Crippen MR) is 94.5 cm³/mol. The number of benzene rings is 1. The first-order valence-corrected chi connectivity index (χ1v) is 10.3. The molecule has 25 heavy (non-hydrogen) atoms.